The quantitative estimate of drug-likeness (QED) is 0.893. The Morgan fingerprint density at radius 1 is 1.41 bits per heavy atom. The molecule has 5 nitrogen and oxygen atoms in total. The first-order valence-corrected chi connectivity index (χ1v) is 8.43. The van der Waals surface area contributed by atoms with Crippen molar-refractivity contribution in [2.45, 2.75) is 26.1 Å². The highest BCUT2D eigenvalue weighted by molar-refractivity contribution is 7.16. The molecule has 1 unspecified atom stereocenters. The molecule has 2 aliphatic rings. The smallest absolute Gasteiger partial charge is 0.256 e. The molecule has 0 aliphatic carbocycles. The number of hydrogen-bond donors (Lipinski definition) is 2. The van der Waals surface area contributed by atoms with E-state index in [-0.39, 0.29) is 12.1 Å². The van der Waals surface area contributed by atoms with Crippen molar-refractivity contribution in [3.8, 4) is 0 Å². The van der Waals surface area contributed by atoms with Gasteiger partial charge in [0.1, 0.15) is 11.2 Å². The predicted molar refractivity (Wildman–Crippen MR) is 87.0 cm³/mol. The SMILES string of the molecule is CCN1CCc2c(sc3c2C(=O)NC(c2ccccn2)N3)C1. The zero-order chi connectivity index (χ0) is 15.1. The van der Waals surface area contributed by atoms with Crippen LogP contribution in [0.4, 0.5) is 5.00 Å². The van der Waals surface area contributed by atoms with E-state index in [1.807, 2.05) is 18.2 Å². The number of aromatic nitrogens is 1. The van der Waals surface area contributed by atoms with Gasteiger partial charge in [-0.25, -0.2) is 0 Å². The summed E-state index contributed by atoms with van der Waals surface area (Å²) < 4.78 is 0. The van der Waals surface area contributed by atoms with Crippen LogP contribution in [0.3, 0.4) is 0 Å². The third-order valence-corrected chi connectivity index (χ3v) is 5.49. The van der Waals surface area contributed by atoms with Crippen LogP contribution < -0.4 is 10.6 Å². The highest BCUT2D eigenvalue weighted by atomic mass is 32.1. The summed E-state index contributed by atoms with van der Waals surface area (Å²) in [6, 6.07) is 5.74. The van der Waals surface area contributed by atoms with E-state index in [2.05, 4.69) is 27.4 Å². The summed E-state index contributed by atoms with van der Waals surface area (Å²) in [5, 5.41) is 7.46. The Balaban J connectivity index is 1.68. The number of pyridine rings is 1. The summed E-state index contributed by atoms with van der Waals surface area (Å²) >= 11 is 1.72. The van der Waals surface area contributed by atoms with Gasteiger partial charge in [-0.2, -0.15) is 0 Å². The molecule has 2 aromatic rings. The molecule has 6 heteroatoms. The van der Waals surface area contributed by atoms with Gasteiger partial charge in [0, 0.05) is 24.2 Å². The van der Waals surface area contributed by atoms with Crippen LogP contribution in [0.2, 0.25) is 0 Å². The molecule has 0 saturated carbocycles. The van der Waals surface area contributed by atoms with Gasteiger partial charge in [0.05, 0.1) is 11.3 Å². The molecule has 0 aromatic carbocycles. The van der Waals surface area contributed by atoms with Crippen LogP contribution in [-0.2, 0) is 13.0 Å². The van der Waals surface area contributed by atoms with Crippen LogP contribution in [0.25, 0.3) is 0 Å². The lowest BCUT2D eigenvalue weighted by molar-refractivity contribution is 0.0934. The lowest BCUT2D eigenvalue weighted by atomic mass is 10.0. The van der Waals surface area contributed by atoms with Crippen LogP contribution in [0.5, 0.6) is 0 Å². The van der Waals surface area contributed by atoms with Gasteiger partial charge in [-0.3, -0.25) is 14.7 Å². The van der Waals surface area contributed by atoms with Crippen LogP contribution in [-0.4, -0.2) is 28.9 Å². The molecular formula is C16H18N4OS. The molecule has 2 aromatic heterocycles. The number of nitrogens with zero attached hydrogens (tertiary/aromatic N) is 2. The maximum atomic E-state index is 12.6. The van der Waals surface area contributed by atoms with Gasteiger partial charge in [-0.1, -0.05) is 13.0 Å². The second-order valence-corrected chi connectivity index (χ2v) is 6.74. The molecule has 4 heterocycles. The molecule has 1 atom stereocenters. The Labute approximate surface area is 133 Å². The molecule has 22 heavy (non-hydrogen) atoms. The monoisotopic (exact) mass is 314 g/mol. The summed E-state index contributed by atoms with van der Waals surface area (Å²) in [5.41, 5.74) is 2.92. The highest BCUT2D eigenvalue weighted by Gasteiger charge is 2.33. The minimum absolute atomic E-state index is 0.0202. The molecule has 0 saturated heterocycles. The molecule has 0 spiro atoms. The molecule has 2 aliphatic heterocycles. The van der Waals surface area contributed by atoms with E-state index in [0.29, 0.717) is 0 Å². The average Bonchev–Trinajstić information content (AvgIpc) is 2.93. The Morgan fingerprint density at radius 2 is 2.32 bits per heavy atom. The fourth-order valence-corrected chi connectivity index (χ4v) is 4.45. The lowest BCUT2D eigenvalue weighted by Gasteiger charge is -2.27. The first kappa shape index (κ1) is 13.7. The molecule has 114 valence electrons. The second-order valence-electron chi connectivity index (χ2n) is 5.63. The van der Waals surface area contributed by atoms with Gasteiger partial charge >= 0.3 is 0 Å². The zero-order valence-electron chi connectivity index (χ0n) is 12.4. The van der Waals surface area contributed by atoms with Crippen LogP contribution in [0, 0.1) is 0 Å². The number of anilines is 1. The third kappa shape index (κ3) is 2.19. The molecule has 1 amide bonds. The fraction of sp³-hybridized carbons (Fsp3) is 0.375. The van der Waals surface area contributed by atoms with Crippen molar-refractivity contribution >= 4 is 22.2 Å². The summed E-state index contributed by atoms with van der Waals surface area (Å²) in [6.07, 6.45) is 2.46. The number of hydrogen-bond acceptors (Lipinski definition) is 5. The Morgan fingerprint density at radius 3 is 3.09 bits per heavy atom. The maximum Gasteiger partial charge on any atom is 0.256 e. The van der Waals surface area contributed by atoms with Crippen molar-refractivity contribution in [3.63, 3.8) is 0 Å². The van der Waals surface area contributed by atoms with Crippen LogP contribution in [0.15, 0.2) is 24.4 Å². The summed E-state index contributed by atoms with van der Waals surface area (Å²) in [6.45, 7) is 5.22. The standard InChI is InChI=1S/C16H18N4OS/c1-2-20-8-6-10-12(9-20)22-16-13(10)15(21)18-14(19-16)11-5-3-4-7-17-11/h3-5,7,14,19H,2,6,8-9H2,1H3,(H,18,21). The topological polar surface area (TPSA) is 57.3 Å². The van der Waals surface area contributed by atoms with E-state index < -0.39 is 0 Å². The van der Waals surface area contributed by atoms with Crippen molar-refractivity contribution in [2.24, 2.45) is 0 Å². The van der Waals surface area contributed by atoms with Gasteiger partial charge < -0.3 is 10.6 Å². The normalized spacial score (nSPS) is 20.8. The Hall–Kier alpha value is -1.92. The number of rotatable bonds is 2. The van der Waals surface area contributed by atoms with Crippen molar-refractivity contribution in [1.29, 1.82) is 0 Å². The minimum Gasteiger partial charge on any atom is -0.351 e. The number of nitrogens with one attached hydrogen (secondary N) is 2. The number of likely N-dealkylation sites (N-methyl/N-ethyl adjacent to an activating group) is 1. The predicted octanol–water partition coefficient (Wildman–Crippen LogP) is 2.38. The van der Waals surface area contributed by atoms with Crippen molar-refractivity contribution in [3.05, 3.63) is 46.1 Å². The zero-order valence-corrected chi connectivity index (χ0v) is 13.2. The summed E-state index contributed by atoms with van der Waals surface area (Å²) in [4.78, 5) is 20.6. The minimum atomic E-state index is -0.247. The summed E-state index contributed by atoms with van der Waals surface area (Å²) in [7, 11) is 0. The van der Waals surface area contributed by atoms with Gasteiger partial charge in [-0.05, 0) is 30.7 Å². The Kier molecular flexibility index (Phi) is 3.35. The molecule has 0 radical (unpaired) electrons. The van der Waals surface area contributed by atoms with E-state index >= 15 is 0 Å². The second kappa shape index (κ2) is 5.37. The van der Waals surface area contributed by atoms with Gasteiger partial charge in [-0.15, -0.1) is 11.3 Å². The van der Waals surface area contributed by atoms with Crippen LogP contribution >= 0.6 is 11.3 Å². The molecule has 4 rings (SSSR count). The van der Waals surface area contributed by atoms with Gasteiger partial charge in [0.2, 0.25) is 0 Å². The van der Waals surface area contributed by atoms with E-state index in [4.69, 9.17) is 0 Å². The van der Waals surface area contributed by atoms with Crippen LogP contribution in [0.1, 0.15) is 39.6 Å². The van der Waals surface area contributed by atoms with E-state index in [1.165, 1.54) is 10.4 Å². The number of amides is 1. The van der Waals surface area contributed by atoms with Crippen molar-refractivity contribution in [1.82, 2.24) is 15.2 Å². The maximum absolute atomic E-state index is 12.6. The Bertz CT molecular complexity index is 712. The molecule has 0 fully saturated rings. The van der Waals surface area contributed by atoms with E-state index in [0.717, 1.165) is 42.3 Å². The first-order valence-electron chi connectivity index (χ1n) is 7.61. The number of carbonyl (C=O) groups is 1. The molecule has 0 bridgehead atoms. The highest BCUT2D eigenvalue weighted by Crippen LogP contribution is 2.40. The van der Waals surface area contributed by atoms with E-state index in [1.54, 1.807) is 17.5 Å². The number of carbonyl (C=O) groups excluding carboxylic acids is 1. The van der Waals surface area contributed by atoms with E-state index in [9.17, 15) is 4.79 Å². The molecular weight excluding hydrogens is 296 g/mol. The lowest BCUT2D eigenvalue weighted by Crippen LogP contribution is -2.39. The first-order chi connectivity index (χ1) is 10.8. The van der Waals surface area contributed by atoms with Gasteiger partial charge in [0.25, 0.3) is 5.91 Å². The largest absolute Gasteiger partial charge is 0.351 e. The summed E-state index contributed by atoms with van der Waals surface area (Å²) in [5.74, 6) is 0.0202. The van der Waals surface area contributed by atoms with Gasteiger partial charge in [0.15, 0.2) is 0 Å². The van der Waals surface area contributed by atoms with Crippen molar-refractivity contribution < 1.29 is 4.79 Å². The fourth-order valence-electron chi connectivity index (χ4n) is 3.13. The molecule has 2 N–H and O–H groups in total. The number of fused-ring (bicyclic) bond motifs is 3. The number of thiophene rings is 1. The average molecular weight is 314 g/mol. The van der Waals surface area contributed by atoms with Crippen molar-refractivity contribution in [2.75, 3.05) is 18.4 Å². The third-order valence-electron chi connectivity index (χ3n) is 4.34.